The SMILES string of the molecule is COc1ccc(SNc2cccc(C(F)(F)F)c2)c2c1CCCO2. The number of rotatable bonds is 4. The topological polar surface area (TPSA) is 30.5 Å². The second-order valence-electron chi connectivity index (χ2n) is 5.31. The van der Waals surface area contributed by atoms with E-state index in [0.717, 1.165) is 46.9 Å². The Morgan fingerprint density at radius 3 is 2.79 bits per heavy atom. The molecule has 1 aliphatic heterocycles. The Hall–Kier alpha value is -2.02. The van der Waals surface area contributed by atoms with Gasteiger partial charge in [0, 0.05) is 11.3 Å². The quantitative estimate of drug-likeness (QED) is 0.768. The van der Waals surface area contributed by atoms with Crippen LogP contribution in [0.4, 0.5) is 18.9 Å². The number of nitrogens with one attached hydrogen (secondary N) is 1. The van der Waals surface area contributed by atoms with E-state index in [1.807, 2.05) is 12.1 Å². The maximum Gasteiger partial charge on any atom is 0.416 e. The number of hydrogen-bond acceptors (Lipinski definition) is 4. The maximum atomic E-state index is 12.8. The Balaban J connectivity index is 1.80. The normalized spacial score (nSPS) is 13.8. The lowest BCUT2D eigenvalue weighted by atomic mass is 10.1. The highest BCUT2D eigenvalue weighted by atomic mass is 32.2. The predicted octanol–water partition coefficient (Wildman–Crippen LogP) is 5.16. The summed E-state index contributed by atoms with van der Waals surface area (Å²) in [6, 6.07) is 8.81. The van der Waals surface area contributed by atoms with Gasteiger partial charge in [0.15, 0.2) is 0 Å². The van der Waals surface area contributed by atoms with Gasteiger partial charge in [-0.05, 0) is 55.1 Å². The van der Waals surface area contributed by atoms with Crippen molar-refractivity contribution in [1.29, 1.82) is 0 Å². The zero-order chi connectivity index (χ0) is 17.2. The molecule has 128 valence electrons. The summed E-state index contributed by atoms with van der Waals surface area (Å²) in [4.78, 5) is 0.822. The van der Waals surface area contributed by atoms with E-state index in [1.54, 1.807) is 13.2 Å². The Kier molecular flexibility index (Phi) is 4.80. The third-order valence-corrected chi connectivity index (χ3v) is 4.57. The van der Waals surface area contributed by atoms with Crippen LogP contribution in [0.5, 0.6) is 11.5 Å². The smallest absolute Gasteiger partial charge is 0.416 e. The zero-order valence-electron chi connectivity index (χ0n) is 12.9. The second-order valence-corrected chi connectivity index (χ2v) is 6.16. The van der Waals surface area contributed by atoms with Gasteiger partial charge in [-0.3, -0.25) is 0 Å². The first kappa shape index (κ1) is 16.8. The minimum Gasteiger partial charge on any atom is -0.496 e. The summed E-state index contributed by atoms with van der Waals surface area (Å²) in [5, 5.41) is 0. The minimum absolute atomic E-state index is 0.384. The molecule has 1 heterocycles. The van der Waals surface area contributed by atoms with E-state index in [9.17, 15) is 13.2 Å². The molecule has 24 heavy (non-hydrogen) atoms. The van der Waals surface area contributed by atoms with E-state index < -0.39 is 11.7 Å². The van der Waals surface area contributed by atoms with Crippen LogP contribution in [0.2, 0.25) is 0 Å². The molecule has 7 heteroatoms. The molecule has 0 aliphatic carbocycles. The van der Waals surface area contributed by atoms with E-state index in [4.69, 9.17) is 9.47 Å². The standard InChI is InChI=1S/C17H16F3NO2S/c1-22-14-7-8-15(16-13(14)6-3-9-23-16)24-21-12-5-2-4-11(10-12)17(18,19)20/h2,4-5,7-8,10,21H,3,6,9H2,1H3. The van der Waals surface area contributed by atoms with Crippen LogP contribution in [0.15, 0.2) is 41.3 Å². The Bertz CT molecular complexity index is 734. The predicted molar refractivity (Wildman–Crippen MR) is 87.7 cm³/mol. The lowest BCUT2D eigenvalue weighted by Gasteiger charge is -2.22. The number of alkyl halides is 3. The van der Waals surface area contributed by atoms with Crippen LogP contribution in [0.1, 0.15) is 17.5 Å². The summed E-state index contributed by atoms with van der Waals surface area (Å²) in [6.45, 7) is 0.622. The fourth-order valence-electron chi connectivity index (χ4n) is 2.55. The van der Waals surface area contributed by atoms with Crippen LogP contribution < -0.4 is 14.2 Å². The summed E-state index contributed by atoms with van der Waals surface area (Å²) in [6.07, 6.45) is -2.58. The summed E-state index contributed by atoms with van der Waals surface area (Å²) in [5.41, 5.74) is 0.705. The van der Waals surface area contributed by atoms with Crippen LogP contribution in [0, 0.1) is 0 Å². The molecule has 3 rings (SSSR count). The number of anilines is 1. The summed E-state index contributed by atoms with van der Waals surface area (Å²) in [7, 11) is 1.61. The molecular weight excluding hydrogens is 339 g/mol. The number of benzene rings is 2. The lowest BCUT2D eigenvalue weighted by molar-refractivity contribution is -0.137. The molecule has 0 bridgehead atoms. The van der Waals surface area contributed by atoms with Crippen LogP contribution in [0.25, 0.3) is 0 Å². The van der Waals surface area contributed by atoms with Gasteiger partial charge >= 0.3 is 6.18 Å². The van der Waals surface area contributed by atoms with E-state index in [-0.39, 0.29) is 0 Å². The molecule has 0 saturated carbocycles. The molecule has 0 amide bonds. The molecule has 0 aromatic heterocycles. The van der Waals surface area contributed by atoms with Crippen molar-refractivity contribution < 1.29 is 22.6 Å². The zero-order valence-corrected chi connectivity index (χ0v) is 13.8. The van der Waals surface area contributed by atoms with Gasteiger partial charge in [-0.1, -0.05) is 6.07 Å². The largest absolute Gasteiger partial charge is 0.496 e. The van der Waals surface area contributed by atoms with Crippen molar-refractivity contribution in [2.45, 2.75) is 23.9 Å². The van der Waals surface area contributed by atoms with Crippen molar-refractivity contribution in [3.05, 3.63) is 47.5 Å². The summed E-state index contributed by atoms with van der Waals surface area (Å²) < 4.78 is 52.4. The Morgan fingerprint density at radius 1 is 1.21 bits per heavy atom. The van der Waals surface area contributed by atoms with Gasteiger partial charge in [-0.15, -0.1) is 0 Å². The van der Waals surface area contributed by atoms with E-state index in [2.05, 4.69) is 4.72 Å². The average molecular weight is 355 g/mol. The highest BCUT2D eigenvalue weighted by molar-refractivity contribution is 8.00. The van der Waals surface area contributed by atoms with Crippen LogP contribution >= 0.6 is 11.9 Å². The van der Waals surface area contributed by atoms with Crippen molar-refractivity contribution in [3.63, 3.8) is 0 Å². The van der Waals surface area contributed by atoms with Gasteiger partial charge in [0.1, 0.15) is 11.5 Å². The molecule has 0 saturated heterocycles. The molecule has 0 radical (unpaired) electrons. The number of ether oxygens (including phenoxy) is 2. The van der Waals surface area contributed by atoms with E-state index in [1.165, 1.54) is 18.0 Å². The summed E-state index contributed by atoms with van der Waals surface area (Å²) in [5.74, 6) is 1.51. The molecule has 2 aromatic carbocycles. The minimum atomic E-state index is -4.36. The highest BCUT2D eigenvalue weighted by Crippen LogP contribution is 2.41. The molecular formula is C17H16F3NO2S. The van der Waals surface area contributed by atoms with Gasteiger partial charge < -0.3 is 14.2 Å². The van der Waals surface area contributed by atoms with Crippen molar-refractivity contribution in [1.82, 2.24) is 0 Å². The molecule has 2 aromatic rings. The fraction of sp³-hybridized carbons (Fsp3) is 0.294. The molecule has 3 nitrogen and oxygen atoms in total. The Labute approximate surface area is 142 Å². The maximum absolute atomic E-state index is 12.8. The van der Waals surface area contributed by atoms with Crippen molar-refractivity contribution in [2.24, 2.45) is 0 Å². The van der Waals surface area contributed by atoms with E-state index >= 15 is 0 Å². The molecule has 0 atom stereocenters. The molecule has 1 N–H and O–H groups in total. The monoisotopic (exact) mass is 355 g/mol. The van der Waals surface area contributed by atoms with Gasteiger partial charge in [-0.25, -0.2) is 0 Å². The number of halogens is 3. The number of methoxy groups -OCH3 is 1. The van der Waals surface area contributed by atoms with Gasteiger partial charge in [0.05, 0.1) is 24.2 Å². The molecule has 0 spiro atoms. The van der Waals surface area contributed by atoms with Gasteiger partial charge in [0.25, 0.3) is 0 Å². The van der Waals surface area contributed by atoms with Crippen molar-refractivity contribution in [3.8, 4) is 11.5 Å². The average Bonchev–Trinajstić information content (AvgIpc) is 2.59. The number of hydrogen-bond donors (Lipinski definition) is 1. The Morgan fingerprint density at radius 2 is 2.04 bits per heavy atom. The first-order valence-electron chi connectivity index (χ1n) is 7.42. The summed E-state index contributed by atoms with van der Waals surface area (Å²) >= 11 is 1.23. The second kappa shape index (κ2) is 6.84. The first-order valence-corrected chi connectivity index (χ1v) is 8.23. The van der Waals surface area contributed by atoms with Gasteiger partial charge in [0.2, 0.25) is 0 Å². The molecule has 1 aliphatic rings. The first-order chi connectivity index (χ1) is 11.5. The third kappa shape index (κ3) is 3.56. The highest BCUT2D eigenvalue weighted by Gasteiger charge is 2.30. The number of fused-ring (bicyclic) bond motifs is 1. The van der Waals surface area contributed by atoms with Crippen LogP contribution in [-0.4, -0.2) is 13.7 Å². The third-order valence-electron chi connectivity index (χ3n) is 3.69. The van der Waals surface area contributed by atoms with Gasteiger partial charge in [-0.2, -0.15) is 13.2 Å². The van der Waals surface area contributed by atoms with Crippen molar-refractivity contribution in [2.75, 3.05) is 18.4 Å². The fourth-order valence-corrected chi connectivity index (χ4v) is 3.32. The van der Waals surface area contributed by atoms with Crippen LogP contribution in [-0.2, 0) is 12.6 Å². The lowest BCUT2D eigenvalue weighted by Crippen LogP contribution is -2.11. The van der Waals surface area contributed by atoms with Crippen molar-refractivity contribution >= 4 is 17.6 Å². The van der Waals surface area contributed by atoms with E-state index in [0.29, 0.717) is 12.3 Å². The molecule has 0 fully saturated rings. The molecule has 0 unspecified atom stereocenters. The van der Waals surface area contributed by atoms with Crippen LogP contribution in [0.3, 0.4) is 0 Å².